The van der Waals surface area contributed by atoms with Crippen LogP contribution >= 0.6 is 11.3 Å². The molecular weight excluding hydrogens is 324 g/mol. The molecule has 2 aromatic rings. The van der Waals surface area contributed by atoms with Crippen molar-refractivity contribution in [3.63, 3.8) is 0 Å². The number of aryl methyl sites for hydroxylation is 2. The van der Waals surface area contributed by atoms with Gasteiger partial charge in [0.2, 0.25) is 10.0 Å². The molecule has 1 aromatic heterocycles. The van der Waals surface area contributed by atoms with Crippen molar-refractivity contribution in [2.24, 2.45) is 5.14 Å². The van der Waals surface area contributed by atoms with Gasteiger partial charge in [-0.15, -0.1) is 11.3 Å². The first kappa shape index (κ1) is 16.5. The lowest BCUT2D eigenvalue weighted by atomic mass is 10.2. The monoisotopic (exact) mass is 340 g/mol. The van der Waals surface area contributed by atoms with Crippen LogP contribution < -0.4 is 15.2 Å². The third-order valence-corrected chi connectivity index (χ3v) is 5.20. The van der Waals surface area contributed by atoms with E-state index in [1.54, 1.807) is 6.07 Å². The first-order valence-corrected chi connectivity index (χ1v) is 8.68. The maximum Gasteiger partial charge on any atom is 0.265 e. The number of anilines is 1. The average molecular weight is 340 g/mol. The van der Waals surface area contributed by atoms with E-state index in [2.05, 4.69) is 5.32 Å². The summed E-state index contributed by atoms with van der Waals surface area (Å²) in [4.78, 5) is 13.8. The van der Waals surface area contributed by atoms with Crippen molar-refractivity contribution in [2.75, 3.05) is 12.4 Å². The van der Waals surface area contributed by atoms with E-state index in [4.69, 9.17) is 9.88 Å². The number of amides is 1. The highest BCUT2D eigenvalue weighted by atomic mass is 32.2. The highest BCUT2D eigenvalue weighted by Crippen LogP contribution is 2.29. The standard InChI is InChI=1S/C14H16N2O4S2/c1-8-6-13(21-9(8)2)14(17)16-11-7-10(22(15,18)19)4-5-12(11)20-3/h4-7H,1-3H3,(H,16,17)(H2,15,18,19). The van der Waals surface area contributed by atoms with Crippen molar-refractivity contribution in [3.05, 3.63) is 39.6 Å². The van der Waals surface area contributed by atoms with Crippen molar-refractivity contribution in [2.45, 2.75) is 18.7 Å². The minimum absolute atomic E-state index is 0.0952. The summed E-state index contributed by atoms with van der Waals surface area (Å²) in [6.07, 6.45) is 0. The molecule has 0 bridgehead atoms. The third kappa shape index (κ3) is 3.46. The Morgan fingerprint density at radius 2 is 1.95 bits per heavy atom. The molecule has 0 aliphatic rings. The summed E-state index contributed by atoms with van der Waals surface area (Å²) >= 11 is 1.37. The van der Waals surface area contributed by atoms with Gasteiger partial charge in [0.1, 0.15) is 5.75 Å². The zero-order valence-corrected chi connectivity index (χ0v) is 14.0. The summed E-state index contributed by atoms with van der Waals surface area (Å²) in [5.41, 5.74) is 1.28. The van der Waals surface area contributed by atoms with E-state index < -0.39 is 10.0 Å². The van der Waals surface area contributed by atoms with Gasteiger partial charge in [-0.05, 0) is 43.7 Å². The molecule has 118 valence electrons. The summed E-state index contributed by atoms with van der Waals surface area (Å²) in [6.45, 7) is 3.85. The second-order valence-corrected chi connectivity index (χ2v) is 7.53. The number of thiophene rings is 1. The normalized spacial score (nSPS) is 11.3. The molecule has 0 atom stereocenters. The Morgan fingerprint density at radius 3 is 2.45 bits per heavy atom. The van der Waals surface area contributed by atoms with Crippen molar-refractivity contribution < 1.29 is 17.9 Å². The fourth-order valence-electron chi connectivity index (χ4n) is 1.83. The fraction of sp³-hybridized carbons (Fsp3) is 0.214. The molecule has 0 fully saturated rings. The first-order chi connectivity index (χ1) is 10.2. The predicted molar refractivity (Wildman–Crippen MR) is 86.1 cm³/mol. The number of nitrogens with two attached hydrogens (primary N) is 1. The SMILES string of the molecule is COc1ccc(S(N)(=O)=O)cc1NC(=O)c1cc(C)c(C)s1. The Kier molecular flexibility index (Phi) is 4.55. The average Bonchev–Trinajstić information content (AvgIpc) is 2.78. The van der Waals surface area contributed by atoms with E-state index in [9.17, 15) is 13.2 Å². The Hall–Kier alpha value is -1.90. The summed E-state index contributed by atoms with van der Waals surface area (Å²) in [5, 5.41) is 7.76. The molecule has 8 heteroatoms. The van der Waals surface area contributed by atoms with Crippen LogP contribution in [0.5, 0.6) is 5.75 Å². The lowest BCUT2D eigenvalue weighted by Crippen LogP contribution is -2.15. The minimum Gasteiger partial charge on any atom is -0.495 e. The Balaban J connectivity index is 2.37. The van der Waals surface area contributed by atoms with Gasteiger partial charge >= 0.3 is 0 Å². The van der Waals surface area contributed by atoms with Gasteiger partial charge in [0, 0.05) is 4.88 Å². The van der Waals surface area contributed by atoms with E-state index in [1.165, 1.54) is 36.6 Å². The molecule has 0 aliphatic carbocycles. The zero-order valence-electron chi connectivity index (χ0n) is 12.3. The van der Waals surface area contributed by atoms with Crippen LogP contribution in [0.2, 0.25) is 0 Å². The molecule has 1 aromatic carbocycles. The van der Waals surface area contributed by atoms with Crippen LogP contribution in [0.15, 0.2) is 29.2 Å². The maximum absolute atomic E-state index is 12.3. The van der Waals surface area contributed by atoms with Crippen LogP contribution in [0.1, 0.15) is 20.1 Å². The highest BCUT2D eigenvalue weighted by Gasteiger charge is 2.16. The number of nitrogens with one attached hydrogen (secondary N) is 1. The van der Waals surface area contributed by atoms with Gasteiger partial charge in [0.05, 0.1) is 22.6 Å². The van der Waals surface area contributed by atoms with Gasteiger partial charge in [0.25, 0.3) is 5.91 Å². The van der Waals surface area contributed by atoms with Crippen molar-refractivity contribution in [1.29, 1.82) is 0 Å². The molecular formula is C14H16N2O4S2. The molecule has 0 saturated heterocycles. The number of carbonyl (C=O) groups excluding carboxylic acids is 1. The molecule has 1 heterocycles. The molecule has 0 saturated carbocycles. The van der Waals surface area contributed by atoms with Crippen LogP contribution in [-0.4, -0.2) is 21.4 Å². The molecule has 0 spiro atoms. The van der Waals surface area contributed by atoms with Gasteiger partial charge < -0.3 is 10.1 Å². The summed E-state index contributed by atoms with van der Waals surface area (Å²) in [7, 11) is -2.43. The number of primary sulfonamides is 1. The van der Waals surface area contributed by atoms with E-state index >= 15 is 0 Å². The van der Waals surface area contributed by atoms with Crippen LogP contribution in [0.3, 0.4) is 0 Å². The van der Waals surface area contributed by atoms with Crippen LogP contribution in [0.25, 0.3) is 0 Å². The van der Waals surface area contributed by atoms with Crippen molar-refractivity contribution >= 4 is 33.0 Å². The zero-order chi connectivity index (χ0) is 16.5. The van der Waals surface area contributed by atoms with Gasteiger partial charge in [-0.1, -0.05) is 0 Å². The van der Waals surface area contributed by atoms with E-state index in [0.717, 1.165) is 10.4 Å². The number of benzene rings is 1. The van der Waals surface area contributed by atoms with Crippen LogP contribution in [-0.2, 0) is 10.0 Å². The third-order valence-electron chi connectivity index (χ3n) is 3.14. The quantitative estimate of drug-likeness (QED) is 0.892. The maximum atomic E-state index is 12.3. The van der Waals surface area contributed by atoms with Gasteiger partial charge in [-0.3, -0.25) is 4.79 Å². The van der Waals surface area contributed by atoms with Gasteiger partial charge in [0.15, 0.2) is 0 Å². The lowest BCUT2D eigenvalue weighted by Gasteiger charge is -2.11. The predicted octanol–water partition coefficient (Wildman–Crippen LogP) is 2.27. The van der Waals surface area contributed by atoms with Crippen LogP contribution in [0, 0.1) is 13.8 Å². The Labute approximate surface area is 133 Å². The van der Waals surface area contributed by atoms with Gasteiger partial charge in [-0.2, -0.15) is 0 Å². The summed E-state index contributed by atoms with van der Waals surface area (Å²) < 4.78 is 28.0. The van der Waals surface area contributed by atoms with Gasteiger partial charge in [-0.25, -0.2) is 13.6 Å². The second kappa shape index (κ2) is 6.07. The summed E-state index contributed by atoms with van der Waals surface area (Å²) in [6, 6.07) is 5.83. The minimum atomic E-state index is -3.86. The van der Waals surface area contributed by atoms with Crippen molar-refractivity contribution in [3.8, 4) is 5.75 Å². The molecule has 22 heavy (non-hydrogen) atoms. The molecule has 0 unspecified atom stereocenters. The number of hydrogen-bond donors (Lipinski definition) is 2. The molecule has 2 rings (SSSR count). The lowest BCUT2D eigenvalue weighted by molar-refractivity contribution is 0.103. The number of hydrogen-bond acceptors (Lipinski definition) is 5. The number of sulfonamides is 1. The number of ether oxygens (including phenoxy) is 1. The molecule has 0 aliphatic heterocycles. The number of rotatable bonds is 4. The fourth-order valence-corrected chi connectivity index (χ4v) is 3.30. The van der Waals surface area contributed by atoms with E-state index in [0.29, 0.717) is 10.6 Å². The number of methoxy groups -OCH3 is 1. The molecule has 0 radical (unpaired) electrons. The Bertz CT molecular complexity index is 806. The number of carbonyl (C=O) groups is 1. The molecule has 3 N–H and O–H groups in total. The van der Waals surface area contributed by atoms with Crippen LogP contribution in [0.4, 0.5) is 5.69 Å². The summed E-state index contributed by atoms with van der Waals surface area (Å²) in [5.74, 6) is 0.0248. The largest absolute Gasteiger partial charge is 0.495 e. The first-order valence-electron chi connectivity index (χ1n) is 6.31. The van der Waals surface area contributed by atoms with E-state index in [-0.39, 0.29) is 16.5 Å². The smallest absolute Gasteiger partial charge is 0.265 e. The van der Waals surface area contributed by atoms with Crippen molar-refractivity contribution in [1.82, 2.24) is 0 Å². The van der Waals surface area contributed by atoms with E-state index in [1.807, 2.05) is 13.8 Å². The molecule has 6 nitrogen and oxygen atoms in total. The topological polar surface area (TPSA) is 98.5 Å². The second-order valence-electron chi connectivity index (χ2n) is 4.71. The Morgan fingerprint density at radius 1 is 1.27 bits per heavy atom. The highest BCUT2D eigenvalue weighted by molar-refractivity contribution is 7.89. The molecule has 1 amide bonds.